The number of hydrazone groups is 1. The van der Waals surface area contributed by atoms with Crippen LogP contribution >= 0.6 is 0 Å². The van der Waals surface area contributed by atoms with Crippen molar-refractivity contribution >= 4 is 17.2 Å². The molecule has 0 saturated heterocycles. The van der Waals surface area contributed by atoms with Crippen molar-refractivity contribution < 1.29 is 15.0 Å². The molecule has 0 fully saturated rings. The first kappa shape index (κ1) is 20.5. The second kappa shape index (κ2) is 8.92. The maximum atomic E-state index is 11.4. The summed E-state index contributed by atoms with van der Waals surface area (Å²) < 4.78 is 0. The van der Waals surface area contributed by atoms with Crippen molar-refractivity contribution in [3.8, 4) is 11.5 Å². The number of benzene rings is 2. The lowest BCUT2D eigenvalue weighted by atomic mass is 9.86. The van der Waals surface area contributed by atoms with Gasteiger partial charge in [-0.25, -0.2) is 5.43 Å². The molecule has 0 atom stereocenters. The van der Waals surface area contributed by atoms with Gasteiger partial charge >= 0.3 is 0 Å². The second-order valence-corrected chi connectivity index (χ2v) is 7.71. The fourth-order valence-electron chi connectivity index (χ4n) is 3.97. The second-order valence-electron chi connectivity index (χ2n) is 7.71. The third-order valence-corrected chi connectivity index (χ3v) is 5.58. The monoisotopic (exact) mass is 415 g/mol. The van der Waals surface area contributed by atoms with Gasteiger partial charge in [-0.2, -0.15) is 5.10 Å². The predicted molar refractivity (Wildman–Crippen MR) is 121 cm³/mol. The van der Waals surface area contributed by atoms with E-state index in [1.807, 2.05) is 30.4 Å². The Balaban J connectivity index is 1.68. The fourth-order valence-corrected chi connectivity index (χ4v) is 3.97. The number of nitrogens with two attached hydrogens (primary N) is 1. The molecule has 6 heteroatoms. The smallest absolute Gasteiger partial charge is 0.240 e. The highest BCUT2D eigenvalue weighted by atomic mass is 16.3. The Labute approximate surface area is 181 Å². The first-order valence-electron chi connectivity index (χ1n) is 10.3. The molecule has 0 saturated carbocycles. The first-order chi connectivity index (χ1) is 15.0. The summed E-state index contributed by atoms with van der Waals surface area (Å²) >= 11 is 0. The molecule has 0 radical (unpaired) electrons. The SMILES string of the molecule is NC1=CC(=C(CCc2ccccc2)c2ccc(O)cc2O)CC=C1C1=NNC(=O)CC1. The number of hydrogen-bond acceptors (Lipinski definition) is 5. The molecular formula is C25H25N3O3. The number of phenolic OH excluding ortho intramolecular Hbond substituents is 2. The van der Waals surface area contributed by atoms with E-state index in [0.717, 1.165) is 28.9 Å². The van der Waals surface area contributed by atoms with Crippen molar-refractivity contribution in [2.75, 3.05) is 0 Å². The van der Waals surface area contributed by atoms with Crippen LogP contribution in [0.2, 0.25) is 0 Å². The Kier molecular flexibility index (Phi) is 5.89. The van der Waals surface area contributed by atoms with Gasteiger partial charge in [-0.1, -0.05) is 36.4 Å². The number of hydrogen-bond donors (Lipinski definition) is 4. The number of allylic oxidation sites excluding steroid dienone is 5. The Bertz CT molecular complexity index is 1130. The quantitative estimate of drug-likeness (QED) is 0.593. The Morgan fingerprint density at radius 1 is 1.10 bits per heavy atom. The molecule has 0 unspecified atom stereocenters. The van der Waals surface area contributed by atoms with E-state index in [-0.39, 0.29) is 17.4 Å². The average molecular weight is 415 g/mol. The fraction of sp³-hybridized carbons (Fsp3) is 0.200. The number of nitrogens with zero attached hydrogens (tertiary/aromatic N) is 1. The molecule has 2 aromatic rings. The molecule has 1 amide bonds. The number of aromatic hydroxyl groups is 2. The Hall–Kier alpha value is -3.80. The standard InChI is InChI=1S/C25H25N3O3/c26-22-14-17(7-10-21(22)23-12-13-25(31)28-27-23)19(9-6-16-4-2-1-3-5-16)20-11-8-18(29)15-24(20)30/h1-5,8,10-11,14-15,29-30H,6-7,9,12-13,26H2,(H,28,31). The van der Waals surface area contributed by atoms with Crippen LogP contribution < -0.4 is 11.2 Å². The van der Waals surface area contributed by atoms with Crippen LogP contribution in [-0.4, -0.2) is 21.8 Å². The van der Waals surface area contributed by atoms with Gasteiger partial charge in [0.25, 0.3) is 0 Å². The summed E-state index contributed by atoms with van der Waals surface area (Å²) in [5.74, 6) is -0.0297. The minimum absolute atomic E-state index is 0.0203. The molecule has 0 bridgehead atoms. The van der Waals surface area contributed by atoms with Crippen LogP contribution in [0.1, 0.15) is 36.8 Å². The van der Waals surface area contributed by atoms with Gasteiger partial charge in [0.2, 0.25) is 5.91 Å². The van der Waals surface area contributed by atoms with E-state index in [1.54, 1.807) is 12.1 Å². The van der Waals surface area contributed by atoms with E-state index in [9.17, 15) is 15.0 Å². The molecule has 31 heavy (non-hydrogen) atoms. The normalized spacial score (nSPS) is 17.9. The van der Waals surface area contributed by atoms with Crippen LogP contribution in [-0.2, 0) is 11.2 Å². The van der Waals surface area contributed by atoms with E-state index in [2.05, 4.69) is 22.7 Å². The van der Waals surface area contributed by atoms with E-state index >= 15 is 0 Å². The Morgan fingerprint density at radius 3 is 2.58 bits per heavy atom. The van der Waals surface area contributed by atoms with E-state index in [1.165, 1.54) is 11.6 Å². The summed E-state index contributed by atoms with van der Waals surface area (Å²) in [4.78, 5) is 11.4. The predicted octanol–water partition coefficient (Wildman–Crippen LogP) is 3.92. The van der Waals surface area contributed by atoms with Gasteiger partial charge in [0.15, 0.2) is 0 Å². The van der Waals surface area contributed by atoms with Crippen molar-refractivity contribution in [2.24, 2.45) is 10.8 Å². The van der Waals surface area contributed by atoms with Gasteiger partial charge in [0.1, 0.15) is 11.5 Å². The van der Waals surface area contributed by atoms with Gasteiger partial charge in [-0.15, -0.1) is 0 Å². The highest BCUT2D eigenvalue weighted by molar-refractivity contribution is 6.07. The average Bonchev–Trinajstić information content (AvgIpc) is 2.77. The summed E-state index contributed by atoms with van der Waals surface area (Å²) in [6.45, 7) is 0. The minimum atomic E-state index is -0.0886. The molecule has 1 heterocycles. The van der Waals surface area contributed by atoms with Gasteiger partial charge in [0, 0.05) is 35.7 Å². The lowest BCUT2D eigenvalue weighted by Crippen LogP contribution is -2.28. The largest absolute Gasteiger partial charge is 0.508 e. The van der Waals surface area contributed by atoms with Crippen LogP contribution in [0.3, 0.4) is 0 Å². The Morgan fingerprint density at radius 2 is 1.90 bits per heavy atom. The number of rotatable bonds is 5. The molecule has 2 aromatic carbocycles. The van der Waals surface area contributed by atoms with E-state index in [4.69, 9.17) is 5.73 Å². The number of carbonyl (C=O) groups excluding carboxylic acids is 1. The zero-order valence-electron chi connectivity index (χ0n) is 17.1. The zero-order valence-corrected chi connectivity index (χ0v) is 17.1. The van der Waals surface area contributed by atoms with Crippen LogP contribution in [0.5, 0.6) is 11.5 Å². The van der Waals surface area contributed by atoms with Crippen molar-refractivity contribution in [3.63, 3.8) is 0 Å². The molecule has 6 nitrogen and oxygen atoms in total. The molecule has 0 aromatic heterocycles. The van der Waals surface area contributed by atoms with Crippen LogP contribution in [0.25, 0.3) is 5.57 Å². The molecule has 2 aliphatic rings. The summed E-state index contributed by atoms with van der Waals surface area (Å²) in [6.07, 6.45) is 7.07. The molecule has 0 spiro atoms. The van der Waals surface area contributed by atoms with E-state index in [0.29, 0.717) is 36.9 Å². The number of nitrogens with one attached hydrogen (secondary N) is 1. The molecule has 5 N–H and O–H groups in total. The van der Waals surface area contributed by atoms with Crippen molar-refractivity contribution in [1.82, 2.24) is 5.43 Å². The third-order valence-electron chi connectivity index (χ3n) is 5.58. The zero-order chi connectivity index (χ0) is 21.8. The van der Waals surface area contributed by atoms with Crippen molar-refractivity contribution in [2.45, 2.75) is 32.1 Å². The summed E-state index contributed by atoms with van der Waals surface area (Å²) in [6, 6.07) is 14.8. The highest BCUT2D eigenvalue weighted by Crippen LogP contribution is 2.37. The minimum Gasteiger partial charge on any atom is -0.508 e. The molecule has 1 aliphatic carbocycles. The number of aryl methyl sites for hydroxylation is 1. The maximum absolute atomic E-state index is 11.4. The number of carbonyl (C=O) groups is 1. The lowest BCUT2D eigenvalue weighted by Gasteiger charge is -2.21. The number of amides is 1. The van der Waals surface area contributed by atoms with Crippen LogP contribution in [0, 0.1) is 0 Å². The first-order valence-corrected chi connectivity index (χ1v) is 10.3. The summed E-state index contributed by atoms with van der Waals surface area (Å²) in [5.41, 5.74) is 15.0. The van der Waals surface area contributed by atoms with E-state index < -0.39 is 0 Å². The van der Waals surface area contributed by atoms with Crippen molar-refractivity contribution in [3.05, 3.63) is 88.7 Å². The highest BCUT2D eigenvalue weighted by Gasteiger charge is 2.21. The van der Waals surface area contributed by atoms with Crippen molar-refractivity contribution in [1.29, 1.82) is 0 Å². The van der Waals surface area contributed by atoms with Gasteiger partial charge in [-0.3, -0.25) is 4.79 Å². The third kappa shape index (κ3) is 4.69. The molecule has 158 valence electrons. The molecular weight excluding hydrogens is 390 g/mol. The summed E-state index contributed by atoms with van der Waals surface area (Å²) in [7, 11) is 0. The van der Waals surface area contributed by atoms with Gasteiger partial charge in [-0.05, 0) is 54.2 Å². The summed E-state index contributed by atoms with van der Waals surface area (Å²) in [5, 5.41) is 24.4. The van der Waals surface area contributed by atoms with Gasteiger partial charge in [0.05, 0.1) is 5.71 Å². The van der Waals surface area contributed by atoms with Crippen LogP contribution in [0.15, 0.2) is 82.6 Å². The number of phenols is 2. The topological polar surface area (TPSA) is 108 Å². The maximum Gasteiger partial charge on any atom is 0.240 e. The molecule has 1 aliphatic heterocycles. The van der Waals surface area contributed by atoms with Crippen LogP contribution in [0.4, 0.5) is 0 Å². The lowest BCUT2D eigenvalue weighted by molar-refractivity contribution is -0.121. The molecule has 4 rings (SSSR count). The van der Waals surface area contributed by atoms with Gasteiger partial charge < -0.3 is 15.9 Å².